The van der Waals surface area contributed by atoms with Gasteiger partial charge in [0.15, 0.2) is 15.6 Å². The SMILES string of the molecule is O=C(O)CS(=O)(=O)c1ccc(F)c(Cl)c1. The molecule has 0 aliphatic heterocycles. The van der Waals surface area contributed by atoms with Crippen molar-refractivity contribution in [2.24, 2.45) is 0 Å². The summed E-state index contributed by atoms with van der Waals surface area (Å²) >= 11 is 5.37. The van der Waals surface area contributed by atoms with Gasteiger partial charge in [-0.3, -0.25) is 4.79 Å². The average Bonchev–Trinajstić information content (AvgIpc) is 2.07. The molecule has 1 rings (SSSR count). The van der Waals surface area contributed by atoms with E-state index in [-0.39, 0.29) is 9.92 Å². The topological polar surface area (TPSA) is 71.4 Å². The maximum atomic E-state index is 12.7. The maximum Gasteiger partial charge on any atom is 0.319 e. The quantitative estimate of drug-likeness (QED) is 0.824. The maximum absolute atomic E-state index is 12.7. The highest BCUT2D eigenvalue weighted by Gasteiger charge is 2.19. The molecule has 0 saturated heterocycles. The van der Waals surface area contributed by atoms with Crippen LogP contribution in [0.2, 0.25) is 5.02 Å². The molecular weight excluding hydrogens is 247 g/mol. The molecule has 0 spiro atoms. The first-order valence-electron chi connectivity index (χ1n) is 3.72. The fourth-order valence-electron chi connectivity index (χ4n) is 0.916. The van der Waals surface area contributed by atoms with Crippen LogP contribution < -0.4 is 0 Å². The molecule has 1 N–H and O–H groups in total. The molecule has 1 aromatic rings. The number of aliphatic carboxylic acids is 1. The van der Waals surface area contributed by atoms with Gasteiger partial charge in [0.05, 0.1) is 9.92 Å². The first kappa shape index (κ1) is 11.9. The van der Waals surface area contributed by atoms with Crippen molar-refractivity contribution in [3.63, 3.8) is 0 Å². The molecule has 0 saturated carbocycles. The normalized spacial score (nSPS) is 11.3. The van der Waals surface area contributed by atoms with Crippen LogP contribution in [-0.2, 0) is 14.6 Å². The Morgan fingerprint density at radius 1 is 1.47 bits per heavy atom. The van der Waals surface area contributed by atoms with E-state index >= 15 is 0 Å². The van der Waals surface area contributed by atoms with Crippen LogP contribution in [0.15, 0.2) is 23.1 Å². The van der Waals surface area contributed by atoms with Crippen molar-refractivity contribution in [2.75, 3.05) is 5.75 Å². The second kappa shape index (κ2) is 4.16. The molecule has 0 amide bonds. The molecule has 0 unspecified atom stereocenters. The Bertz CT molecular complexity index is 497. The Morgan fingerprint density at radius 2 is 2.07 bits per heavy atom. The highest BCUT2D eigenvalue weighted by Crippen LogP contribution is 2.20. The number of hydrogen-bond acceptors (Lipinski definition) is 3. The van der Waals surface area contributed by atoms with Gasteiger partial charge in [0.1, 0.15) is 5.82 Å². The number of carboxylic acids is 1. The fourth-order valence-corrected chi connectivity index (χ4v) is 2.23. The average molecular weight is 253 g/mol. The van der Waals surface area contributed by atoms with Crippen LogP contribution in [0.1, 0.15) is 0 Å². The minimum atomic E-state index is -3.95. The molecule has 0 aromatic heterocycles. The highest BCUT2D eigenvalue weighted by molar-refractivity contribution is 7.92. The Hall–Kier alpha value is -1.14. The fraction of sp³-hybridized carbons (Fsp3) is 0.125. The molecule has 15 heavy (non-hydrogen) atoms. The summed E-state index contributed by atoms with van der Waals surface area (Å²) in [6.45, 7) is 0. The zero-order chi connectivity index (χ0) is 11.6. The minimum Gasteiger partial charge on any atom is -0.480 e. The largest absolute Gasteiger partial charge is 0.480 e. The number of carbonyl (C=O) groups is 1. The number of carboxylic acid groups (broad SMARTS) is 1. The summed E-state index contributed by atoms with van der Waals surface area (Å²) < 4.78 is 35.4. The van der Waals surface area contributed by atoms with Crippen molar-refractivity contribution in [3.05, 3.63) is 29.0 Å². The number of halogens is 2. The zero-order valence-corrected chi connectivity index (χ0v) is 8.85. The molecule has 82 valence electrons. The smallest absolute Gasteiger partial charge is 0.319 e. The molecule has 4 nitrogen and oxygen atoms in total. The van der Waals surface area contributed by atoms with Crippen molar-refractivity contribution in [1.29, 1.82) is 0 Å². The molecule has 0 atom stereocenters. The number of sulfone groups is 1. The summed E-state index contributed by atoms with van der Waals surface area (Å²) in [7, 11) is -3.95. The van der Waals surface area contributed by atoms with Crippen molar-refractivity contribution >= 4 is 27.4 Å². The third-order valence-electron chi connectivity index (χ3n) is 1.56. The standard InChI is InChI=1S/C8H6ClFO4S/c9-6-3-5(1-2-7(6)10)15(13,14)4-8(11)12/h1-3H,4H2,(H,11,12). The van der Waals surface area contributed by atoms with Crippen molar-refractivity contribution in [3.8, 4) is 0 Å². The molecule has 0 fully saturated rings. The second-order valence-corrected chi connectivity index (χ2v) is 5.13. The van der Waals surface area contributed by atoms with E-state index in [1.807, 2.05) is 0 Å². The third-order valence-corrected chi connectivity index (χ3v) is 3.45. The lowest BCUT2D eigenvalue weighted by Crippen LogP contribution is -2.15. The van der Waals surface area contributed by atoms with Gasteiger partial charge in [-0.25, -0.2) is 12.8 Å². The van der Waals surface area contributed by atoms with Gasteiger partial charge in [-0.2, -0.15) is 0 Å². The Balaban J connectivity index is 3.17. The number of rotatable bonds is 3. The summed E-state index contributed by atoms with van der Waals surface area (Å²) in [4.78, 5) is 9.94. The summed E-state index contributed by atoms with van der Waals surface area (Å²) in [5.74, 6) is -3.28. The zero-order valence-electron chi connectivity index (χ0n) is 7.28. The van der Waals surface area contributed by atoms with Gasteiger partial charge in [0.25, 0.3) is 0 Å². The van der Waals surface area contributed by atoms with Gasteiger partial charge >= 0.3 is 5.97 Å². The van der Waals surface area contributed by atoms with E-state index < -0.39 is 27.4 Å². The van der Waals surface area contributed by atoms with Gasteiger partial charge in [-0.1, -0.05) is 11.6 Å². The van der Waals surface area contributed by atoms with Crippen LogP contribution >= 0.6 is 11.6 Å². The monoisotopic (exact) mass is 252 g/mol. The van der Waals surface area contributed by atoms with E-state index in [9.17, 15) is 17.6 Å². The van der Waals surface area contributed by atoms with E-state index in [0.717, 1.165) is 18.2 Å². The van der Waals surface area contributed by atoms with Gasteiger partial charge in [-0.15, -0.1) is 0 Å². The Morgan fingerprint density at radius 3 is 2.53 bits per heavy atom. The molecule has 1 aromatic carbocycles. The first-order chi connectivity index (χ1) is 6.83. The van der Waals surface area contributed by atoms with Crippen molar-refractivity contribution < 1.29 is 22.7 Å². The Kier molecular flexibility index (Phi) is 3.31. The number of hydrogen-bond donors (Lipinski definition) is 1. The molecule has 0 heterocycles. The van der Waals surface area contributed by atoms with Gasteiger partial charge in [0, 0.05) is 0 Å². The van der Waals surface area contributed by atoms with E-state index in [1.54, 1.807) is 0 Å². The molecule has 0 radical (unpaired) electrons. The minimum absolute atomic E-state index is 0.309. The molecular formula is C8H6ClFO4S. The van der Waals surface area contributed by atoms with E-state index in [4.69, 9.17) is 16.7 Å². The molecule has 0 aliphatic rings. The van der Waals surface area contributed by atoms with Crippen LogP contribution in [0.3, 0.4) is 0 Å². The van der Waals surface area contributed by atoms with Crippen LogP contribution in [0.5, 0.6) is 0 Å². The van der Waals surface area contributed by atoms with Crippen molar-refractivity contribution in [1.82, 2.24) is 0 Å². The Labute approximate surface area is 90.2 Å². The lowest BCUT2D eigenvalue weighted by atomic mass is 10.3. The van der Waals surface area contributed by atoms with Crippen LogP contribution in [0.4, 0.5) is 4.39 Å². The lowest BCUT2D eigenvalue weighted by Gasteiger charge is -2.02. The highest BCUT2D eigenvalue weighted by atomic mass is 35.5. The molecule has 0 bridgehead atoms. The molecule has 7 heteroatoms. The number of benzene rings is 1. The lowest BCUT2D eigenvalue weighted by molar-refractivity contribution is -0.134. The predicted molar refractivity (Wildman–Crippen MR) is 51.1 cm³/mol. The van der Waals surface area contributed by atoms with Crippen molar-refractivity contribution in [2.45, 2.75) is 4.90 Å². The third kappa shape index (κ3) is 2.90. The summed E-state index contributed by atoms with van der Waals surface area (Å²) in [5, 5.41) is 7.99. The van der Waals surface area contributed by atoms with E-state index in [1.165, 1.54) is 0 Å². The van der Waals surface area contributed by atoms with E-state index in [0.29, 0.717) is 0 Å². The first-order valence-corrected chi connectivity index (χ1v) is 5.75. The summed E-state index contributed by atoms with van der Waals surface area (Å²) in [6.07, 6.45) is 0. The van der Waals surface area contributed by atoms with Gasteiger partial charge in [0.2, 0.25) is 0 Å². The predicted octanol–water partition coefficient (Wildman–Crippen LogP) is 1.34. The molecule has 0 aliphatic carbocycles. The second-order valence-electron chi connectivity index (χ2n) is 2.73. The van der Waals surface area contributed by atoms with Crippen LogP contribution in [0.25, 0.3) is 0 Å². The summed E-state index contributed by atoms with van der Waals surface area (Å²) in [6, 6.07) is 2.73. The van der Waals surface area contributed by atoms with Gasteiger partial charge in [-0.05, 0) is 18.2 Å². The summed E-state index contributed by atoms with van der Waals surface area (Å²) in [5.41, 5.74) is 0. The van der Waals surface area contributed by atoms with Crippen LogP contribution in [0, 0.1) is 5.82 Å². The van der Waals surface area contributed by atoms with E-state index in [2.05, 4.69) is 0 Å². The van der Waals surface area contributed by atoms with Gasteiger partial charge < -0.3 is 5.11 Å². The van der Waals surface area contributed by atoms with Crippen LogP contribution in [-0.4, -0.2) is 25.2 Å².